The normalized spacial score (nSPS) is 9.42. The summed E-state index contributed by atoms with van der Waals surface area (Å²) in [5.74, 6) is 0. The molecule has 0 radical (unpaired) electrons. The minimum atomic E-state index is 0.615. The van der Waals surface area contributed by atoms with Crippen LogP contribution in [0.2, 0.25) is 0 Å². The van der Waals surface area contributed by atoms with Crippen molar-refractivity contribution in [3.05, 3.63) is 71.6 Å². The van der Waals surface area contributed by atoms with Crippen molar-refractivity contribution >= 4 is 21.4 Å². The molecular weight excluding hydrogens is 250 g/mol. The van der Waals surface area contributed by atoms with E-state index in [1.807, 2.05) is 30.3 Å². The second kappa shape index (κ2) is 7.35. The third-order valence-corrected chi connectivity index (χ3v) is 3.63. The third-order valence-electron chi connectivity index (χ3n) is 2.73. The Hall–Kier alpha value is -2.11. The summed E-state index contributed by atoms with van der Waals surface area (Å²) in [6.07, 6.45) is 1.49. The summed E-state index contributed by atoms with van der Waals surface area (Å²) in [7, 11) is 0. The number of fused-ring (bicyclic) bond motifs is 1. The maximum Gasteiger partial charge on any atom is 0.0625 e. The standard InChI is InChI=1S/C9H9N.C8H6S/c10-8-4-7-9-5-2-1-3-6-9;1-2-4-8-7(3-1)5-6-9-8/h1-3,5-6H,4,7H2;1-6H. The van der Waals surface area contributed by atoms with Crippen LogP contribution in [0.4, 0.5) is 0 Å². The number of nitriles is 1. The van der Waals surface area contributed by atoms with Crippen LogP contribution < -0.4 is 0 Å². The number of hydrogen-bond acceptors (Lipinski definition) is 2. The van der Waals surface area contributed by atoms with E-state index in [4.69, 9.17) is 5.26 Å². The van der Waals surface area contributed by atoms with E-state index < -0.39 is 0 Å². The first kappa shape index (κ1) is 13.3. The van der Waals surface area contributed by atoms with E-state index in [0.717, 1.165) is 6.42 Å². The third kappa shape index (κ3) is 4.24. The van der Waals surface area contributed by atoms with Gasteiger partial charge in [0.25, 0.3) is 0 Å². The molecule has 3 aromatic rings. The second-order valence-corrected chi connectivity index (χ2v) is 5.05. The highest BCUT2D eigenvalue weighted by atomic mass is 32.1. The molecule has 0 saturated carbocycles. The Morgan fingerprint density at radius 1 is 0.895 bits per heavy atom. The van der Waals surface area contributed by atoms with E-state index in [9.17, 15) is 0 Å². The van der Waals surface area contributed by atoms with Gasteiger partial charge in [-0.3, -0.25) is 0 Å². The zero-order valence-electron chi connectivity index (χ0n) is 10.6. The molecule has 19 heavy (non-hydrogen) atoms. The summed E-state index contributed by atoms with van der Waals surface area (Å²) in [6, 6.07) is 22.7. The van der Waals surface area contributed by atoms with Gasteiger partial charge in [0.05, 0.1) is 6.07 Å². The van der Waals surface area contributed by atoms with Gasteiger partial charge in [-0.1, -0.05) is 48.5 Å². The number of rotatable bonds is 2. The summed E-state index contributed by atoms with van der Waals surface area (Å²) in [6.45, 7) is 0. The van der Waals surface area contributed by atoms with Crippen LogP contribution in [0.15, 0.2) is 66.0 Å². The molecule has 2 aromatic carbocycles. The molecule has 3 rings (SSSR count). The maximum atomic E-state index is 8.28. The Morgan fingerprint density at radius 2 is 1.63 bits per heavy atom. The molecule has 0 aliphatic heterocycles. The van der Waals surface area contributed by atoms with Gasteiger partial charge in [0.2, 0.25) is 0 Å². The predicted molar refractivity (Wildman–Crippen MR) is 82.2 cm³/mol. The largest absolute Gasteiger partial charge is 0.198 e. The highest BCUT2D eigenvalue weighted by Gasteiger charge is 1.88. The Bertz CT molecular complexity index is 619. The number of hydrogen-bond donors (Lipinski definition) is 0. The number of aryl methyl sites for hydroxylation is 1. The lowest BCUT2D eigenvalue weighted by Gasteiger charge is -1.92. The molecule has 0 N–H and O–H groups in total. The minimum Gasteiger partial charge on any atom is -0.198 e. The van der Waals surface area contributed by atoms with Gasteiger partial charge in [-0.25, -0.2) is 0 Å². The molecule has 2 heteroatoms. The van der Waals surface area contributed by atoms with Crippen molar-refractivity contribution in [2.75, 3.05) is 0 Å². The van der Waals surface area contributed by atoms with Gasteiger partial charge >= 0.3 is 0 Å². The molecule has 1 nitrogen and oxygen atoms in total. The number of nitrogens with zero attached hydrogens (tertiary/aromatic N) is 1. The van der Waals surface area contributed by atoms with E-state index >= 15 is 0 Å². The van der Waals surface area contributed by atoms with Gasteiger partial charge < -0.3 is 0 Å². The Kier molecular flexibility index (Phi) is 5.16. The Labute approximate surface area is 117 Å². The Balaban J connectivity index is 0.000000141. The van der Waals surface area contributed by atoms with Crippen molar-refractivity contribution < 1.29 is 0 Å². The highest BCUT2D eigenvalue weighted by Crippen LogP contribution is 2.18. The molecule has 0 saturated heterocycles. The van der Waals surface area contributed by atoms with Crippen molar-refractivity contribution in [1.82, 2.24) is 0 Å². The summed E-state index contributed by atoms with van der Waals surface area (Å²) >= 11 is 1.79. The van der Waals surface area contributed by atoms with Gasteiger partial charge in [-0.2, -0.15) is 5.26 Å². The summed E-state index contributed by atoms with van der Waals surface area (Å²) in [5.41, 5.74) is 1.24. The quantitative estimate of drug-likeness (QED) is 0.636. The molecule has 0 aliphatic rings. The number of benzene rings is 2. The zero-order valence-corrected chi connectivity index (χ0v) is 11.4. The molecule has 0 atom stereocenters. The van der Waals surface area contributed by atoms with E-state index in [2.05, 4.69) is 41.8 Å². The average Bonchev–Trinajstić information content (AvgIpc) is 2.95. The lowest BCUT2D eigenvalue weighted by molar-refractivity contribution is 1.01. The maximum absolute atomic E-state index is 8.28. The van der Waals surface area contributed by atoms with Crippen LogP contribution >= 0.6 is 11.3 Å². The first-order chi connectivity index (χ1) is 9.40. The fraction of sp³-hybridized carbons (Fsp3) is 0.118. The molecule has 94 valence electrons. The SMILES string of the molecule is N#CCCc1ccccc1.c1ccc2sccc2c1. The van der Waals surface area contributed by atoms with Crippen LogP contribution in [0.3, 0.4) is 0 Å². The topological polar surface area (TPSA) is 23.8 Å². The van der Waals surface area contributed by atoms with Crippen molar-refractivity contribution in [3.63, 3.8) is 0 Å². The van der Waals surface area contributed by atoms with Crippen molar-refractivity contribution in [1.29, 1.82) is 5.26 Å². The second-order valence-electron chi connectivity index (χ2n) is 4.10. The van der Waals surface area contributed by atoms with Crippen molar-refractivity contribution in [2.24, 2.45) is 0 Å². The van der Waals surface area contributed by atoms with E-state index in [0.29, 0.717) is 6.42 Å². The van der Waals surface area contributed by atoms with Gasteiger partial charge in [-0.15, -0.1) is 11.3 Å². The monoisotopic (exact) mass is 265 g/mol. The fourth-order valence-corrected chi connectivity index (χ4v) is 2.54. The predicted octanol–water partition coefficient (Wildman–Crippen LogP) is 5.04. The lowest BCUT2D eigenvalue weighted by Crippen LogP contribution is -1.80. The molecule has 1 heterocycles. The molecule has 0 unspecified atom stereocenters. The lowest BCUT2D eigenvalue weighted by atomic mass is 10.1. The minimum absolute atomic E-state index is 0.615. The van der Waals surface area contributed by atoms with Crippen molar-refractivity contribution in [3.8, 4) is 6.07 Å². The van der Waals surface area contributed by atoms with Crippen LogP contribution in [0.1, 0.15) is 12.0 Å². The molecule has 0 bridgehead atoms. The van der Waals surface area contributed by atoms with Crippen LogP contribution in [0.5, 0.6) is 0 Å². The van der Waals surface area contributed by atoms with Crippen LogP contribution in [0.25, 0.3) is 10.1 Å². The van der Waals surface area contributed by atoms with E-state index in [1.54, 1.807) is 11.3 Å². The molecule has 1 aromatic heterocycles. The van der Waals surface area contributed by atoms with Crippen LogP contribution in [-0.4, -0.2) is 0 Å². The smallest absolute Gasteiger partial charge is 0.0625 e. The van der Waals surface area contributed by atoms with Gasteiger partial charge in [0.15, 0.2) is 0 Å². The van der Waals surface area contributed by atoms with Gasteiger partial charge in [0.1, 0.15) is 0 Å². The highest BCUT2D eigenvalue weighted by molar-refractivity contribution is 7.17. The fourth-order valence-electron chi connectivity index (χ4n) is 1.75. The summed E-state index contributed by atoms with van der Waals surface area (Å²) < 4.78 is 1.37. The first-order valence-corrected chi connectivity index (χ1v) is 7.11. The van der Waals surface area contributed by atoms with Gasteiger partial charge in [-0.05, 0) is 34.9 Å². The van der Waals surface area contributed by atoms with Crippen LogP contribution in [-0.2, 0) is 6.42 Å². The zero-order chi connectivity index (χ0) is 13.3. The molecule has 0 spiro atoms. The molecule has 0 aliphatic carbocycles. The first-order valence-electron chi connectivity index (χ1n) is 6.23. The molecular formula is C17H15NS. The number of thiophene rings is 1. The average molecular weight is 265 g/mol. The van der Waals surface area contributed by atoms with Gasteiger partial charge in [0, 0.05) is 11.1 Å². The van der Waals surface area contributed by atoms with E-state index in [1.165, 1.54) is 15.6 Å². The molecule has 0 amide bonds. The Morgan fingerprint density at radius 3 is 2.37 bits per heavy atom. The van der Waals surface area contributed by atoms with Crippen LogP contribution in [0, 0.1) is 11.3 Å². The summed E-state index contributed by atoms with van der Waals surface area (Å²) in [4.78, 5) is 0. The summed E-state index contributed by atoms with van der Waals surface area (Å²) in [5, 5.41) is 11.7. The van der Waals surface area contributed by atoms with Crippen molar-refractivity contribution in [2.45, 2.75) is 12.8 Å². The van der Waals surface area contributed by atoms with E-state index in [-0.39, 0.29) is 0 Å². The molecule has 0 fully saturated rings.